The van der Waals surface area contributed by atoms with Crippen LogP contribution in [0.5, 0.6) is 0 Å². The molecule has 0 radical (unpaired) electrons. The summed E-state index contributed by atoms with van der Waals surface area (Å²) < 4.78 is 21.1. The van der Waals surface area contributed by atoms with Gasteiger partial charge in [0.05, 0.1) is 78.0 Å². The maximum absolute atomic E-state index is 13.3. The molecule has 22 heteroatoms. The predicted octanol–water partition coefficient (Wildman–Crippen LogP) is 18.7. The molecule has 16 nitrogen and oxygen atoms in total. The summed E-state index contributed by atoms with van der Waals surface area (Å²) in [4.78, 5) is 80.7. The van der Waals surface area contributed by atoms with Crippen LogP contribution in [0.2, 0.25) is 30.1 Å². The van der Waals surface area contributed by atoms with Gasteiger partial charge >= 0.3 is 23.9 Å². The van der Waals surface area contributed by atoms with E-state index in [9.17, 15) is 19.2 Å². The van der Waals surface area contributed by atoms with Gasteiger partial charge in [-0.15, -0.1) is 0 Å². The van der Waals surface area contributed by atoms with E-state index in [1.807, 2.05) is 189 Å². The molecule has 0 bridgehead atoms. The smallest absolute Gasteiger partial charge is 0.341 e. The van der Waals surface area contributed by atoms with Crippen LogP contribution in [-0.4, -0.2) is 136 Å². The highest BCUT2D eigenvalue weighted by Crippen LogP contribution is 2.53. The Kier molecular flexibility index (Phi) is 23.0. The van der Waals surface area contributed by atoms with Gasteiger partial charge in [-0.2, -0.15) is 0 Å². The normalized spacial score (nSPS) is 24.7. The van der Waals surface area contributed by atoms with E-state index in [1.165, 1.54) is 96.5 Å². The number of rotatable bonds is 20. The first-order valence-electron chi connectivity index (χ1n) is 38.0. The van der Waals surface area contributed by atoms with E-state index in [-0.39, 0.29) is 48.0 Å². The predicted molar refractivity (Wildman–Crippen MR) is 444 cm³/mol. The van der Waals surface area contributed by atoms with Crippen molar-refractivity contribution in [2.45, 2.75) is 111 Å². The Balaban J connectivity index is 0.000000118. The molecule has 4 fully saturated rings. The van der Waals surface area contributed by atoms with E-state index >= 15 is 0 Å². The molecule has 10 aliphatic rings. The number of methoxy groups -OCH3 is 4. The first-order chi connectivity index (χ1) is 54.3. The number of ether oxygens (including phenoxy) is 4. The third kappa shape index (κ3) is 15.7. The molecule has 4 saturated carbocycles. The number of halogens is 6. The Morgan fingerprint density at radius 2 is 0.580 bits per heavy atom. The third-order valence-corrected chi connectivity index (χ3v) is 24.4. The lowest BCUT2D eigenvalue weighted by Gasteiger charge is -2.36. The molecule has 0 N–H and O–H groups in total. The van der Waals surface area contributed by atoms with Gasteiger partial charge in [-0.05, 0) is 227 Å². The topological polar surface area (TPSA) is 168 Å². The van der Waals surface area contributed by atoms with Gasteiger partial charge in [0.25, 0.3) is 0 Å². The first-order valence-corrected chi connectivity index (χ1v) is 40.3. The summed E-state index contributed by atoms with van der Waals surface area (Å²) in [5.41, 5.74) is 7.65. The number of fused-ring (bicyclic) bond motifs is 2. The second-order valence-electron chi connectivity index (χ2n) is 30.5. The Hall–Kier alpha value is -9.26. The van der Waals surface area contributed by atoms with Gasteiger partial charge in [-0.3, -0.25) is 0 Å². The van der Waals surface area contributed by atoms with Crippen molar-refractivity contribution >= 4 is 131 Å². The fourth-order valence-electron chi connectivity index (χ4n) is 16.8. The van der Waals surface area contributed by atoms with Crippen molar-refractivity contribution in [2.24, 2.45) is 43.6 Å². The molecular weight excluding hydrogens is 1530 g/mol. The lowest BCUT2D eigenvalue weighted by atomic mass is 9.79. The van der Waals surface area contributed by atoms with E-state index in [4.69, 9.17) is 109 Å². The molecule has 8 atom stereocenters. The highest BCUT2D eigenvalue weighted by molar-refractivity contribution is 6.32. The fourth-order valence-corrected chi connectivity index (χ4v) is 17.7. The van der Waals surface area contributed by atoms with Crippen LogP contribution in [0.15, 0.2) is 225 Å². The average molecular weight is 1620 g/mol. The molecule has 0 saturated heterocycles. The molecule has 6 aliphatic carbocycles. The SMILES string of the molecule is COC(=O)C1(c2ccc(Cl)cc2)N=CN(CC2CC2)C1C1=Cc2ccc(Cl)cc2C1.COC(=O)C1(c2ccc(Cl)cc2)N=CN(CC2CC2)C1c1ccc(Cl)cc1.COC(=O)C1(c2ccccc2)N=CN(CC2CC2)C1C1=Cc2ccc(Cl)cc2C1.COC(=O)C1(c2ccccc2)N=CN(CC2CC2)C1c1ccc(Cl)cc1. The monoisotopic (exact) mass is 1620 g/mol. The maximum atomic E-state index is 13.3. The minimum Gasteiger partial charge on any atom is -0.467 e. The van der Waals surface area contributed by atoms with E-state index in [0.29, 0.717) is 43.8 Å². The van der Waals surface area contributed by atoms with Crippen molar-refractivity contribution < 1.29 is 38.1 Å². The zero-order chi connectivity index (χ0) is 78.1. The number of hydrogen-bond acceptors (Lipinski definition) is 16. The molecule has 576 valence electrons. The number of aliphatic imine (C=N–C) groups is 4. The summed E-state index contributed by atoms with van der Waals surface area (Å²) in [6.45, 7) is 3.55. The lowest BCUT2D eigenvalue weighted by molar-refractivity contribution is -0.150. The molecular formula is C90H86Cl6N8O8. The van der Waals surface area contributed by atoms with Gasteiger partial charge in [0, 0.05) is 56.3 Å². The zero-order valence-corrected chi connectivity index (χ0v) is 67.1. The van der Waals surface area contributed by atoms with Gasteiger partial charge in [-0.1, -0.05) is 203 Å². The summed E-state index contributed by atoms with van der Waals surface area (Å²) in [5, 5.41) is 4.01. The summed E-state index contributed by atoms with van der Waals surface area (Å²) >= 11 is 36.9. The van der Waals surface area contributed by atoms with Gasteiger partial charge < -0.3 is 38.5 Å². The fraction of sp³-hybridized carbons (Fsp3) is 0.333. The van der Waals surface area contributed by atoms with Gasteiger partial charge in [0.2, 0.25) is 22.2 Å². The van der Waals surface area contributed by atoms with Gasteiger partial charge in [-0.25, -0.2) is 39.1 Å². The molecule has 0 aromatic heterocycles. The van der Waals surface area contributed by atoms with Crippen molar-refractivity contribution in [3.05, 3.63) is 291 Å². The van der Waals surface area contributed by atoms with Crippen LogP contribution in [0, 0.1) is 23.7 Å². The number of hydrogen-bond donors (Lipinski definition) is 0. The summed E-state index contributed by atoms with van der Waals surface area (Å²) in [5.74, 6) is 1.21. The summed E-state index contributed by atoms with van der Waals surface area (Å²) in [6, 6.07) is 60.3. The molecule has 0 amide bonds. The van der Waals surface area contributed by atoms with Crippen LogP contribution in [-0.2, 0) is 73.1 Å². The Morgan fingerprint density at radius 1 is 0.330 bits per heavy atom. The van der Waals surface area contributed by atoms with Crippen molar-refractivity contribution in [2.75, 3.05) is 54.6 Å². The van der Waals surface area contributed by atoms with Crippen LogP contribution in [0.3, 0.4) is 0 Å². The van der Waals surface area contributed by atoms with Crippen LogP contribution < -0.4 is 0 Å². The Labute approximate surface area is 683 Å². The number of carbonyl (C=O) groups excluding carboxylic acids is 4. The molecule has 4 aliphatic heterocycles. The van der Waals surface area contributed by atoms with Crippen molar-refractivity contribution in [3.8, 4) is 0 Å². The molecule has 8 unspecified atom stereocenters. The molecule has 0 spiro atoms. The van der Waals surface area contributed by atoms with Crippen molar-refractivity contribution in [3.63, 3.8) is 0 Å². The van der Waals surface area contributed by atoms with Gasteiger partial charge in [0.15, 0.2) is 0 Å². The molecule has 8 aromatic carbocycles. The number of carbonyl (C=O) groups is 4. The quantitative estimate of drug-likeness (QED) is 0.0524. The second kappa shape index (κ2) is 33.1. The molecule has 112 heavy (non-hydrogen) atoms. The van der Waals surface area contributed by atoms with Crippen LogP contribution >= 0.6 is 69.6 Å². The third-order valence-electron chi connectivity index (χ3n) is 22.9. The van der Waals surface area contributed by atoms with E-state index in [0.717, 1.165) is 99.1 Å². The molecule has 4 heterocycles. The lowest BCUT2D eigenvalue weighted by Crippen LogP contribution is -2.51. The van der Waals surface area contributed by atoms with Crippen LogP contribution in [0.1, 0.15) is 119 Å². The highest BCUT2D eigenvalue weighted by Gasteiger charge is 2.60. The second-order valence-corrected chi connectivity index (χ2v) is 33.1. The number of nitrogens with zero attached hydrogens (tertiary/aromatic N) is 8. The minimum atomic E-state index is -1.18. The highest BCUT2D eigenvalue weighted by atomic mass is 35.5. The van der Waals surface area contributed by atoms with Crippen LogP contribution in [0.25, 0.3) is 12.2 Å². The first kappa shape index (κ1) is 78.0. The van der Waals surface area contributed by atoms with E-state index in [2.05, 4.69) is 31.8 Å². The Bertz CT molecular complexity index is 5000. The van der Waals surface area contributed by atoms with Crippen molar-refractivity contribution in [1.82, 2.24) is 19.6 Å². The number of benzene rings is 8. The number of esters is 4. The zero-order valence-electron chi connectivity index (χ0n) is 62.6. The standard InChI is InChI=1S/C24H22Cl2N2O2.C24H23ClN2O2.C21H20Cl2N2O2.C21H21ClN2O2/c1-30-23(29)24(19-5-8-20(25)9-6-19)22(28(14-27-24)13-15-2-3-15)18-10-16-4-7-21(26)12-17(16)11-18;1-29-23(28)24(20-5-3-2-4-6-20)22(27(15-26-24)14-16-7-8-16)19-11-17-9-10-21(25)13-18(17)12-19;1-27-20(26)21(16-6-10-18(23)11-7-16)19(15-4-8-17(22)9-5-15)25(13-24-21)12-14-2-3-14;1-26-20(25)21(17-5-3-2-4-6-17)19(16-9-11-18(22)12-10-16)24(14-23-21)13-15-7-8-15/h4-10,12,14-15,22H,2-3,11,13H2,1H3;2-6,9-11,13,15-16,22H,7-8,12,14H2,1H3;4-11,13-14,19H,2-3,12H2,1H3;2-6,9-12,14-15,19H,7-8,13H2,1H3. The van der Waals surface area contributed by atoms with Gasteiger partial charge in [0.1, 0.15) is 0 Å². The Morgan fingerprint density at radius 3 is 0.857 bits per heavy atom. The largest absolute Gasteiger partial charge is 0.467 e. The summed E-state index contributed by atoms with van der Waals surface area (Å²) in [7, 11) is 5.69. The summed E-state index contributed by atoms with van der Waals surface area (Å²) in [6.07, 6.45) is 23.0. The van der Waals surface area contributed by atoms with E-state index in [1.54, 1.807) is 30.6 Å². The minimum absolute atomic E-state index is 0.205. The van der Waals surface area contributed by atoms with Crippen molar-refractivity contribution in [1.29, 1.82) is 0 Å². The maximum Gasteiger partial charge on any atom is 0.341 e. The van der Waals surface area contributed by atoms with E-state index < -0.39 is 22.2 Å². The average Bonchev–Trinajstić information content (AvgIpc) is 1.58. The van der Waals surface area contributed by atoms with Crippen LogP contribution in [0.4, 0.5) is 0 Å². The molecule has 8 aromatic rings. The molecule has 18 rings (SSSR count).